The van der Waals surface area contributed by atoms with Gasteiger partial charge in [-0.2, -0.15) is 5.10 Å². The molecule has 1 unspecified atom stereocenters. The zero-order chi connectivity index (χ0) is 14.2. The molecule has 2 N–H and O–H groups in total. The summed E-state index contributed by atoms with van der Waals surface area (Å²) >= 11 is 1.78. The second kappa shape index (κ2) is 5.00. The molecule has 1 aliphatic rings. The molecular weight excluding hydrogens is 282 g/mol. The number of nitrogens with one attached hydrogen (secondary N) is 2. The topological polar surface area (TPSA) is 57.8 Å². The molecule has 2 aromatic heterocycles. The van der Waals surface area contributed by atoms with E-state index >= 15 is 0 Å². The van der Waals surface area contributed by atoms with E-state index in [9.17, 15) is 4.79 Å². The first-order chi connectivity index (χ1) is 10.3. The van der Waals surface area contributed by atoms with Crippen molar-refractivity contribution in [3.05, 3.63) is 51.8 Å². The summed E-state index contributed by atoms with van der Waals surface area (Å²) in [6.07, 6.45) is 3.25. The van der Waals surface area contributed by atoms with Gasteiger partial charge in [-0.25, -0.2) is 0 Å². The number of aryl methyl sites for hydroxylation is 1. The van der Waals surface area contributed by atoms with E-state index < -0.39 is 0 Å². The smallest absolute Gasteiger partial charge is 0.272 e. The molecule has 4 nitrogen and oxygen atoms in total. The summed E-state index contributed by atoms with van der Waals surface area (Å²) in [6, 6.07) is 9.95. The summed E-state index contributed by atoms with van der Waals surface area (Å²) < 4.78 is 0. The molecule has 0 saturated heterocycles. The van der Waals surface area contributed by atoms with Crippen molar-refractivity contribution in [3.8, 4) is 0 Å². The second-order valence-electron chi connectivity index (χ2n) is 5.34. The number of fused-ring (bicyclic) bond motifs is 2. The number of benzene rings is 1. The SMILES string of the molecule is O=C(NC1CCCc2sccc21)c1n[nH]c2ccccc12. The van der Waals surface area contributed by atoms with Crippen LogP contribution in [-0.4, -0.2) is 16.1 Å². The number of para-hydroxylation sites is 1. The fourth-order valence-corrected chi connectivity index (χ4v) is 3.99. The third kappa shape index (κ3) is 2.14. The van der Waals surface area contributed by atoms with Gasteiger partial charge in [-0.05, 0) is 42.3 Å². The average Bonchev–Trinajstić information content (AvgIpc) is 3.14. The van der Waals surface area contributed by atoms with Crippen LogP contribution < -0.4 is 5.32 Å². The highest BCUT2D eigenvalue weighted by Crippen LogP contribution is 2.33. The Balaban J connectivity index is 1.62. The number of nitrogens with zero attached hydrogens (tertiary/aromatic N) is 1. The first kappa shape index (κ1) is 12.6. The zero-order valence-electron chi connectivity index (χ0n) is 11.4. The van der Waals surface area contributed by atoms with Crippen LogP contribution in [0.25, 0.3) is 10.9 Å². The lowest BCUT2D eigenvalue weighted by Crippen LogP contribution is -2.30. The highest BCUT2D eigenvalue weighted by Gasteiger charge is 2.24. The van der Waals surface area contributed by atoms with E-state index in [4.69, 9.17) is 0 Å². The molecule has 2 heterocycles. The summed E-state index contributed by atoms with van der Waals surface area (Å²) in [5.41, 5.74) is 2.65. The van der Waals surface area contributed by atoms with E-state index in [1.165, 1.54) is 10.4 Å². The Morgan fingerprint density at radius 1 is 1.33 bits per heavy atom. The Morgan fingerprint density at radius 3 is 3.19 bits per heavy atom. The lowest BCUT2D eigenvalue weighted by molar-refractivity contribution is 0.0929. The maximum atomic E-state index is 12.5. The number of H-pyrrole nitrogens is 1. The minimum Gasteiger partial charge on any atom is -0.344 e. The van der Waals surface area contributed by atoms with Gasteiger partial charge >= 0.3 is 0 Å². The quantitative estimate of drug-likeness (QED) is 0.761. The zero-order valence-corrected chi connectivity index (χ0v) is 12.2. The summed E-state index contributed by atoms with van der Waals surface area (Å²) in [5.74, 6) is -0.100. The lowest BCUT2D eigenvalue weighted by Gasteiger charge is -2.23. The molecule has 106 valence electrons. The van der Waals surface area contributed by atoms with Crippen LogP contribution in [0.1, 0.15) is 39.8 Å². The first-order valence-corrected chi connectivity index (χ1v) is 8.01. The Morgan fingerprint density at radius 2 is 2.24 bits per heavy atom. The van der Waals surface area contributed by atoms with Gasteiger partial charge in [-0.3, -0.25) is 9.89 Å². The van der Waals surface area contributed by atoms with Crippen LogP contribution in [0.3, 0.4) is 0 Å². The maximum Gasteiger partial charge on any atom is 0.272 e. The number of thiophene rings is 1. The Hall–Kier alpha value is -2.14. The first-order valence-electron chi connectivity index (χ1n) is 7.13. The fourth-order valence-electron chi connectivity index (χ4n) is 3.00. The number of hydrogen-bond donors (Lipinski definition) is 2. The van der Waals surface area contributed by atoms with E-state index in [0.717, 1.165) is 30.2 Å². The number of rotatable bonds is 2. The molecule has 4 rings (SSSR count). The molecule has 21 heavy (non-hydrogen) atoms. The Bertz CT molecular complexity index is 805. The van der Waals surface area contributed by atoms with Crippen molar-refractivity contribution < 1.29 is 4.79 Å². The molecule has 1 aliphatic carbocycles. The van der Waals surface area contributed by atoms with Gasteiger partial charge in [-0.1, -0.05) is 18.2 Å². The van der Waals surface area contributed by atoms with E-state index in [1.807, 2.05) is 24.3 Å². The molecule has 0 fully saturated rings. The maximum absolute atomic E-state index is 12.5. The highest BCUT2D eigenvalue weighted by molar-refractivity contribution is 7.10. The summed E-state index contributed by atoms with van der Waals surface area (Å²) in [6.45, 7) is 0. The van der Waals surface area contributed by atoms with Crippen molar-refractivity contribution in [3.63, 3.8) is 0 Å². The predicted octanol–water partition coefficient (Wildman–Crippen LogP) is 3.43. The van der Waals surface area contributed by atoms with Crippen molar-refractivity contribution in [2.24, 2.45) is 0 Å². The number of aromatic amines is 1. The summed E-state index contributed by atoms with van der Waals surface area (Å²) in [5, 5.41) is 13.2. The molecule has 0 spiro atoms. The average molecular weight is 297 g/mol. The Labute approximate surface area is 126 Å². The minimum atomic E-state index is -0.100. The van der Waals surface area contributed by atoms with Crippen molar-refractivity contribution in [1.82, 2.24) is 15.5 Å². The Kier molecular flexibility index (Phi) is 3.00. The second-order valence-corrected chi connectivity index (χ2v) is 6.34. The van der Waals surface area contributed by atoms with E-state index in [1.54, 1.807) is 11.3 Å². The predicted molar refractivity (Wildman–Crippen MR) is 83.6 cm³/mol. The van der Waals surface area contributed by atoms with Gasteiger partial charge in [-0.15, -0.1) is 11.3 Å². The summed E-state index contributed by atoms with van der Waals surface area (Å²) in [7, 11) is 0. The van der Waals surface area contributed by atoms with Crippen LogP contribution in [0.4, 0.5) is 0 Å². The molecule has 0 aliphatic heterocycles. The monoisotopic (exact) mass is 297 g/mol. The van der Waals surface area contributed by atoms with Crippen LogP contribution in [0, 0.1) is 0 Å². The molecule has 5 heteroatoms. The molecule has 1 aromatic carbocycles. The van der Waals surface area contributed by atoms with Crippen LogP contribution >= 0.6 is 11.3 Å². The van der Waals surface area contributed by atoms with Crippen molar-refractivity contribution >= 4 is 28.1 Å². The van der Waals surface area contributed by atoms with Gasteiger partial charge in [0.05, 0.1) is 11.6 Å². The third-order valence-corrected chi connectivity index (χ3v) is 5.04. The highest BCUT2D eigenvalue weighted by atomic mass is 32.1. The number of carbonyl (C=O) groups excluding carboxylic acids is 1. The molecule has 0 saturated carbocycles. The number of hydrogen-bond acceptors (Lipinski definition) is 3. The fraction of sp³-hybridized carbons (Fsp3) is 0.250. The number of carbonyl (C=O) groups is 1. The van der Waals surface area contributed by atoms with Crippen molar-refractivity contribution in [1.29, 1.82) is 0 Å². The molecule has 1 amide bonds. The van der Waals surface area contributed by atoms with Crippen molar-refractivity contribution in [2.45, 2.75) is 25.3 Å². The van der Waals surface area contributed by atoms with Crippen LogP contribution in [0.2, 0.25) is 0 Å². The van der Waals surface area contributed by atoms with Gasteiger partial charge in [0.1, 0.15) is 0 Å². The van der Waals surface area contributed by atoms with Gasteiger partial charge in [0.15, 0.2) is 5.69 Å². The van der Waals surface area contributed by atoms with Gasteiger partial charge in [0, 0.05) is 10.3 Å². The van der Waals surface area contributed by atoms with Gasteiger partial charge < -0.3 is 5.32 Å². The van der Waals surface area contributed by atoms with E-state index in [2.05, 4.69) is 27.0 Å². The van der Waals surface area contributed by atoms with E-state index in [0.29, 0.717) is 5.69 Å². The van der Waals surface area contributed by atoms with Crippen molar-refractivity contribution in [2.75, 3.05) is 0 Å². The standard InChI is InChI=1S/C16H15N3OS/c20-16(15-11-4-1-2-5-13(11)18-19-15)17-12-6-3-7-14-10(12)8-9-21-14/h1-2,4-5,8-9,12H,3,6-7H2,(H,17,20)(H,18,19). The molecule has 0 radical (unpaired) electrons. The molecule has 0 bridgehead atoms. The molecule has 1 atom stereocenters. The summed E-state index contributed by atoms with van der Waals surface area (Å²) in [4.78, 5) is 13.9. The largest absolute Gasteiger partial charge is 0.344 e. The van der Waals surface area contributed by atoms with Crippen LogP contribution in [-0.2, 0) is 6.42 Å². The number of amides is 1. The van der Waals surface area contributed by atoms with Crippen LogP contribution in [0.15, 0.2) is 35.7 Å². The van der Waals surface area contributed by atoms with Gasteiger partial charge in [0.25, 0.3) is 5.91 Å². The van der Waals surface area contributed by atoms with Gasteiger partial charge in [0.2, 0.25) is 0 Å². The minimum absolute atomic E-state index is 0.100. The third-order valence-electron chi connectivity index (χ3n) is 4.04. The molecular formula is C16H15N3OS. The molecule has 3 aromatic rings. The number of aromatic nitrogens is 2. The van der Waals surface area contributed by atoms with E-state index in [-0.39, 0.29) is 11.9 Å². The normalized spacial score (nSPS) is 17.6. The lowest BCUT2D eigenvalue weighted by atomic mass is 9.94. The van der Waals surface area contributed by atoms with Crippen LogP contribution in [0.5, 0.6) is 0 Å².